The van der Waals surface area contributed by atoms with Crippen LogP contribution in [0.3, 0.4) is 0 Å². The molecule has 6 heteroatoms. The molecule has 0 saturated carbocycles. The summed E-state index contributed by atoms with van der Waals surface area (Å²) in [6.45, 7) is 6.77. The number of carbonyl (C=O) groups excluding carboxylic acids is 3. The maximum atomic E-state index is 11.8. The lowest BCUT2D eigenvalue weighted by Gasteiger charge is -2.22. The van der Waals surface area contributed by atoms with Crippen LogP contribution >= 0.6 is 0 Å². The van der Waals surface area contributed by atoms with Gasteiger partial charge in [0.2, 0.25) is 5.91 Å². The monoisotopic (exact) mass is 259 g/mol. The van der Waals surface area contributed by atoms with E-state index < -0.39 is 11.9 Å². The lowest BCUT2D eigenvalue weighted by atomic mass is 10.2. The van der Waals surface area contributed by atoms with Crippen LogP contribution < -0.4 is 0 Å². The second-order valence-corrected chi connectivity index (χ2v) is 3.96. The predicted molar refractivity (Wildman–Crippen MR) is 64.7 cm³/mol. The maximum absolute atomic E-state index is 11.8. The van der Waals surface area contributed by atoms with E-state index in [2.05, 4.69) is 0 Å². The van der Waals surface area contributed by atoms with Gasteiger partial charge in [-0.3, -0.25) is 14.4 Å². The third-order valence-corrected chi connectivity index (χ3v) is 2.06. The van der Waals surface area contributed by atoms with Crippen molar-refractivity contribution in [2.75, 3.05) is 26.3 Å². The minimum atomic E-state index is -0.532. The number of carbonyl (C=O) groups is 3. The zero-order valence-corrected chi connectivity index (χ0v) is 11.4. The van der Waals surface area contributed by atoms with Gasteiger partial charge >= 0.3 is 11.9 Å². The number of hydrogen-bond acceptors (Lipinski definition) is 5. The van der Waals surface area contributed by atoms with Crippen molar-refractivity contribution < 1.29 is 23.9 Å². The van der Waals surface area contributed by atoms with Crippen molar-refractivity contribution in [2.24, 2.45) is 5.92 Å². The van der Waals surface area contributed by atoms with E-state index in [4.69, 9.17) is 9.47 Å². The molecular weight excluding hydrogens is 238 g/mol. The fraction of sp³-hybridized carbons (Fsp3) is 0.750. The zero-order valence-electron chi connectivity index (χ0n) is 11.4. The smallest absolute Gasteiger partial charge is 0.325 e. The SMILES string of the molecule is CCOC(=O)CN(CC(=O)OCC)C(=O)C(C)C. The number of nitrogens with zero attached hydrogens (tertiary/aromatic N) is 1. The summed E-state index contributed by atoms with van der Waals surface area (Å²) in [4.78, 5) is 35.7. The van der Waals surface area contributed by atoms with Gasteiger partial charge in [-0.25, -0.2) is 0 Å². The molecule has 0 bridgehead atoms. The van der Waals surface area contributed by atoms with Gasteiger partial charge in [0.15, 0.2) is 0 Å². The Bertz CT molecular complexity index is 281. The molecule has 104 valence electrons. The maximum Gasteiger partial charge on any atom is 0.325 e. The van der Waals surface area contributed by atoms with E-state index >= 15 is 0 Å². The molecule has 0 aliphatic carbocycles. The van der Waals surface area contributed by atoms with Crippen LogP contribution in [0.5, 0.6) is 0 Å². The van der Waals surface area contributed by atoms with Crippen LogP contribution in [0, 0.1) is 5.92 Å². The Morgan fingerprint density at radius 1 is 0.944 bits per heavy atom. The third-order valence-electron chi connectivity index (χ3n) is 2.06. The molecule has 0 atom stereocenters. The molecule has 0 saturated heterocycles. The molecule has 0 rings (SSSR count). The molecule has 0 aromatic rings. The fourth-order valence-electron chi connectivity index (χ4n) is 1.30. The highest BCUT2D eigenvalue weighted by atomic mass is 16.5. The molecule has 0 spiro atoms. The molecule has 0 N–H and O–H groups in total. The fourth-order valence-corrected chi connectivity index (χ4v) is 1.30. The Hall–Kier alpha value is -1.59. The third kappa shape index (κ3) is 6.22. The molecule has 0 aromatic carbocycles. The van der Waals surface area contributed by atoms with E-state index in [1.165, 1.54) is 0 Å². The number of esters is 2. The largest absolute Gasteiger partial charge is 0.465 e. The highest BCUT2D eigenvalue weighted by Gasteiger charge is 2.23. The first-order valence-electron chi connectivity index (χ1n) is 6.02. The number of hydrogen-bond donors (Lipinski definition) is 0. The van der Waals surface area contributed by atoms with E-state index in [1.54, 1.807) is 27.7 Å². The molecule has 1 amide bonds. The summed E-state index contributed by atoms with van der Waals surface area (Å²) in [7, 11) is 0. The van der Waals surface area contributed by atoms with Crippen molar-refractivity contribution in [1.82, 2.24) is 4.90 Å². The molecule has 0 aliphatic rings. The number of amides is 1. The van der Waals surface area contributed by atoms with E-state index in [1.807, 2.05) is 0 Å². The van der Waals surface area contributed by atoms with Crippen LogP contribution in [-0.2, 0) is 23.9 Å². The summed E-state index contributed by atoms with van der Waals surface area (Å²) in [5.74, 6) is -1.64. The normalized spacial score (nSPS) is 10.1. The van der Waals surface area contributed by atoms with Gasteiger partial charge < -0.3 is 14.4 Å². The summed E-state index contributed by atoms with van der Waals surface area (Å²) in [5.41, 5.74) is 0. The quantitative estimate of drug-likeness (QED) is 0.626. The number of ether oxygens (including phenoxy) is 2. The number of rotatable bonds is 7. The molecule has 0 aromatic heterocycles. The Kier molecular flexibility index (Phi) is 7.74. The molecule has 6 nitrogen and oxygen atoms in total. The molecular formula is C12H21NO5. The average Bonchev–Trinajstić information content (AvgIpc) is 2.27. The summed E-state index contributed by atoms with van der Waals surface area (Å²) in [6.07, 6.45) is 0. The van der Waals surface area contributed by atoms with Crippen molar-refractivity contribution in [1.29, 1.82) is 0 Å². The minimum Gasteiger partial charge on any atom is -0.465 e. The van der Waals surface area contributed by atoms with E-state index in [0.717, 1.165) is 4.90 Å². The standard InChI is InChI=1S/C12H21NO5/c1-5-17-10(14)7-13(12(16)9(3)4)8-11(15)18-6-2/h9H,5-8H2,1-4H3. The minimum absolute atomic E-state index is 0.232. The van der Waals surface area contributed by atoms with Gasteiger partial charge in [-0.15, -0.1) is 0 Å². The topological polar surface area (TPSA) is 72.9 Å². The highest BCUT2D eigenvalue weighted by Crippen LogP contribution is 2.02. The Balaban J connectivity index is 4.57. The van der Waals surface area contributed by atoms with Gasteiger partial charge in [0, 0.05) is 5.92 Å². The molecule has 18 heavy (non-hydrogen) atoms. The van der Waals surface area contributed by atoms with E-state index in [9.17, 15) is 14.4 Å². The van der Waals surface area contributed by atoms with E-state index in [-0.39, 0.29) is 38.1 Å². The first-order chi connectivity index (χ1) is 8.42. The van der Waals surface area contributed by atoms with Gasteiger partial charge in [-0.05, 0) is 13.8 Å². The van der Waals surface area contributed by atoms with Gasteiger partial charge in [0.05, 0.1) is 13.2 Å². The lowest BCUT2D eigenvalue weighted by Crippen LogP contribution is -2.42. The Morgan fingerprint density at radius 2 is 1.33 bits per heavy atom. The zero-order chi connectivity index (χ0) is 14.1. The van der Waals surface area contributed by atoms with Gasteiger partial charge in [-0.1, -0.05) is 13.8 Å². The first-order valence-corrected chi connectivity index (χ1v) is 6.02. The lowest BCUT2D eigenvalue weighted by molar-refractivity contribution is -0.155. The van der Waals surface area contributed by atoms with Crippen LogP contribution in [0.15, 0.2) is 0 Å². The van der Waals surface area contributed by atoms with Crippen LogP contribution in [0.4, 0.5) is 0 Å². The van der Waals surface area contributed by atoms with Crippen LogP contribution in [0.25, 0.3) is 0 Å². The second kappa shape index (κ2) is 8.49. The summed E-state index contributed by atoms with van der Waals surface area (Å²) in [6, 6.07) is 0. The van der Waals surface area contributed by atoms with Gasteiger partial charge in [0.25, 0.3) is 0 Å². The van der Waals surface area contributed by atoms with Crippen molar-refractivity contribution in [2.45, 2.75) is 27.7 Å². The van der Waals surface area contributed by atoms with Crippen LogP contribution in [0.1, 0.15) is 27.7 Å². The van der Waals surface area contributed by atoms with Crippen molar-refractivity contribution in [3.05, 3.63) is 0 Å². The average molecular weight is 259 g/mol. The summed E-state index contributed by atoms with van der Waals surface area (Å²) < 4.78 is 9.52. The summed E-state index contributed by atoms with van der Waals surface area (Å²) in [5, 5.41) is 0. The van der Waals surface area contributed by atoms with Crippen LogP contribution in [-0.4, -0.2) is 49.0 Å². The molecule has 0 fully saturated rings. The first kappa shape index (κ1) is 16.4. The molecule has 0 aliphatic heterocycles. The molecule has 0 heterocycles. The van der Waals surface area contributed by atoms with E-state index in [0.29, 0.717) is 0 Å². The second-order valence-electron chi connectivity index (χ2n) is 3.96. The van der Waals surface area contributed by atoms with Crippen molar-refractivity contribution in [3.63, 3.8) is 0 Å². The van der Waals surface area contributed by atoms with Crippen molar-refractivity contribution >= 4 is 17.8 Å². The highest BCUT2D eigenvalue weighted by molar-refractivity contribution is 5.86. The van der Waals surface area contributed by atoms with Crippen LogP contribution in [0.2, 0.25) is 0 Å². The van der Waals surface area contributed by atoms with Gasteiger partial charge in [0.1, 0.15) is 13.1 Å². The Morgan fingerprint density at radius 3 is 1.61 bits per heavy atom. The summed E-state index contributed by atoms with van der Waals surface area (Å²) >= 11 is 0. The Labute approximate surface area is 107 Å². The molecule has 0 radical (unpaired) electrons. The van der Waals surface area contributed by atoms with Crippen molar-refractivity contribution in [3.8, 4) is 0 Å². The molecule has 0 unspecified atom stereocenters. The predicted octanol–water partition coefficient (Wildman–Crippen LogP) is 0.597. The van der Waals surface area contributed by atoms with Gasteiger partial charge in [-0.2, -0.15) is 0 Å².